The van der Waals surface area contributed by atoms with Crippen LogP contribution in [0, 0.1) is 23.2 Å². The maximum absolute atomic E-state index is 14.3. The highest BCUT2D eigenvalue weighted by molar-refractivity contribution is 5.87. The molecule has 1 aromatic heterocycles. The van der Waals surface area contributed by atoms with Crippen molar-refractivity contribution in [1.82, 2.24) is 14.9 Å². The molecule has 2 fully saturated rings. The molecule has 0 spiro atoms. The molecule has 1 amide bonds. The molecular formula is C34H47N3O6. The summed E-state index contributed by atoms with van der Waals surface area (Å²) in [5.74, 6) is -1.69. The molecule has 43 heavy (non-hydrogen) atoms. The fraction of sp³-hybridized carbons (Fsp3) is 0.676. The van der Waals surface area contributed by atoms with E-state index in [-0.39, 0.29) is 48.9 Å². The van der Waals surface area contributed by atoms with E-state index in [2.05, 4.69) is 9.97 Å². The molecule has 5 rings (SSSR count). The second-order valence-electron chi connectivity index (χ2n) is 13.1. The summed E-state index contributed by atoms with van der Waals surface area (Å²) in [7, 11) is 1.51. The number of methoxy groups -OCH3 is 1. The summed E-state index contributed by atoms with van der Waals surface area (Å²) in [4.78, 5) is 51.0. The van der Waals surface area contributed by atoms with Gasteiger partial charge < -0.3 is 23.9 Å². The first-order valence-corrected chi connectivity index (χ1v) is 15.6. The molecule has 9 heteroatoms. The number of fused-ring (bicyclic) bond motifs is 5. The van der Waals surface area contributed by atoms with Gasteiger partial charge in [-0.2, -0.15) is 0 Å². The van der Waals surface area contributed by atoms with Crippen molar-refractivity contribution in [2.75, 3.05) is 13.7 Å². The highest BCUT2D eigenvalue weighted by Crippen LogP contribution is 2.38. The largest absolute Gasteiger partial charge is 0.497 e. The van der Waals surface area contributed by atoms with Gasteiger partial charge in [-0.25, -0.2) is 9.97 Å². The minimum absolute atomic E-state index is 0.000232. The molecule has 6 atom stereocenters. The van der Waals surface area contributed by atoms with Crippen LogP contribution >= 0.6 is 0 Å². The van der Waals surface area contributed by atoms with Crippen LogP contribution in [0.25, 0.3) is 11.0 Å². The SMILES string of the molecule is [2H]C1([2H])CCC[C@@H]2CCC[C@H]2OC(=O)C[C@@H](C(C)(C)C)C(=O)N2C[C@H](Oc3nc4cc(OC)ccc4nc3C1([2H])[2H])[C@@H](CC)[C@H]2C=O. The molecule has 2 aromatic rings. The summed E-state index contributed by atoms with van der Waals surface area (Å²) in [6.07, 6.45) is -1.80. The lowest BCUT2D eigenvalue weighted by molar-refractivity contribution is -0.157. The summed E-state index contributed by atoms with van der Waals surface area (Å²) in [5.41, 5.74) is -0.174. The molecule has 9 nitrogen and oxygen atoms in total. The molecule has 2 bridgehead atoms. The Kier molecular flexibility index (Phi) is 8.03. The average Bonchev–Trinajstić information content (AvgIpc) is 3.60. The van der Waals surface area contributed by atoms with Crippen molar-refractivity contribution in [3.8, 4) is 11.6 Å². The van der Waals surface area contributed by atoms with Crippen LogP contribution in [0.5, 0.6) is 11.6 Å². The Morgan fingerprint density at radius 1 is 1.07 bits per heavy atom. The molecule has 0 N–H and O–H groups in total. The second-order valence-corrected chi connectivity index (χ2v) is 13.1. The van der Waals surface area contributed by atoms with E-state index in [0.29, 0.717) is 42.5 Å². The van der Waals surface area contributed by atoms with Crippen molar-refractivity contribution < 1.29 is 34.1 Å². The number of aldehydes is 1. The zero-order valence-corrected chi connectivity index (χ0v) is 25.9. The summed E-state index contributed by atoms with van der Waals surface area (Å²) in [6, 6.07) is 4.11. The van der Waals surface area contributed by atoms with Gasteiger partial charge in [0.25, 0.3) is 0 Å². The van der Waals surface area contributed by atoms with Gasteiger partial charge in [0.2, 0.25) is 11.8 Å². The van der Waals surface area contributed by atoms with E-state index >= 15 is 0 Å². The second kappa shape index (κ2) is 13.2. The fourth-order valence-electron chi connectivity index (χ4n) is 6.83. The van der Waals surface area contributed by atoms with Crippen LogP contribution in [0.1, 0.15) is 96.6 Å². The van der Waals surface area contributed by atoms with Crippen LogP contribution in [0.15, 0.2) is 18.2 Å². The summed E-state index contributed by atoms with van der Waals surface area (Å²) < 4.78 is 53.9. The number of carbonyl (C=O) groups is 3. The summed E-state index contributed by atoms with van der Waals surface area (Å²) >= 11 is 0. The predicted octanol–water partition coefficient (Wildman–Crippen LogP) is 5.70. The zero-order valence-electron chi connectivity index (χ0n) is 29.9. The first-order chi connectivity index (χ1) is 22.1. The number of carbonyl (C=O) groups excluding carboxylic acids is 3. The minimum Gasteiger partial charge on any atom is -0.497 e. The van der Waals surface area contributed by atoms with Crippen LogP contribution < -0.4 is 9.47 Å². The van der Waals surface area contributed by atoms with E-state index in [1.807, 2.05) is 27.7 Å². The third kappa shape index (κ3) is 6.80. The lowest BCUT2D eigenvalue weighted by atomic mass is 9.77. The number of hydrogen-bond acceptors (Lipinski definition) is 8. The van der Waals surface area contributed by atoms with Crippen molar-refractivity contribution in [2.45, 2.75) is 110 Å². The van der Waals surface area contributed by atoms with Crippen molar-refractivity contribution in [2.24, 2.45) is 23.2 Å². The smallest absolute Gasteiger partial charge is 0.306 e. The first-order valence-electron chi connectivity index (χ1n) is 17.6. The van der Waals surface area contributed by atoms with E-state index < -0.39 is 48.1 Å². The number of benzene rings is 1. The van der Waals surface area contributed by atoms with Crippen LogP contribution in [-0.2, 0) is 25.5 Å². The quantitative estimate of drug-likeness (QED) is 0.327. The molecule has 1 aromatic carbocycles. The number of aryl methyl sites for hydroxylation is 1. The normalized spacial score (nSPS) is 32.9. The molecule has 234 valence electrons. The Labute approximate surface area is 260 Å². The molecule has 3 aliphatic rings. The lowest BCUT2D eigenvalue weighted by Crippen LogP contribution is -2.46. The van der Waals surface area contributed by atoms with Crippen LogP contribution in [0.3, 0.4) is 0 Å². The van der Waals surface area contributed by atoms with Gasteiger partial charge in [0.05, 0.1) is 43.1 Å². The number of nitrogens with zero attached hydrogens (tertiary/aromatic N) is 3. The Morgan fingerprint density at radius 2 is 1.86 bits per heavy atom. The van der Waals surface area contributed by atoms with Gasteiger partial charge in [0.15, 0.2) is 0 Å². The highest BCUT2D eigenvalue weighted by atomic mass is 16.5. The van der Waals surface area contributed by atoms with Gasteiger partial charge in [0, 0.05) is 17.5 Å². The predicted molar refractivity (Wildman–Crippen MR) is 163 cm³/mol. The van der Waals surface area contributed by atoms with Gasteiger partial charge in [-0.3, -0.25) is 9.59 Å². The lowest BCUT2D eigenvalue weighted by Gasteiger charge is -2.34. The molecule has 1 saturated heterocycles. The summed E-state index contributed by atoms with van der Waals surface area (Å²) in [6.45, 7) is 7.57. The van der Waals surface area contributed by atoms with Gasteiger partial charge in [-0.15, -0.1) is 0 Å². The van der Waals surface area contributed by atoms with Gasteiger partial charge in [-0.1, -0.05) is 40.5 Å². The van der Waals surface area contributed by atoms with Gasteiger partial charge >= 0.3 is 5.97 Å². The number of esters is 1. The Morgan fingerprint density at radius 3 is 2.58 bits per heavy atom. The number of hydrogen-bond donors (Lipinski definition) is 0. The average molecular weight is 598 g/mol. The molecule has 0 radical (unpaired) electrons. The topological polar surface area (TPSA) is 108 Å². The monoisotopic (exact) mass is 597 g/mol. The van der Waals surface area contributed by atoms with Crippen molar-refractivity contribution in [3.63, 3.8) is 0 Å². The Bertz CT molecular complexity index is 1500. The molecular weight excluding hydrogens is 546 g/mol. The third-order valence-electron chi connectivity index (χ3n) is 9.32. The third-order valence-corrected chi connectivity index (χ3v) is 9.32. The number of amides is 1. The van der Waals surface area contributed by atoms with Crippen molar-refractivity contribution in [1.29, 1.82) is 0 Å². The molecule has 1 aliphatic carbocycles. The van der Waals surface area contributed by atoms with Crippen LogP contribution in [0.4, 0.5) is 0 Å². The number of ether oxygens (including phenoxy) is 3. The first kappa shape index (κ1) is 26.2. The minimum atomic E-state index is -2.62. The van der Waals surface area contributed by atoms with E-state index in [4.69, 9.17) is 19.7 Å². The molecule has 3 heterocycles. The molecule has 1 saturated carbocycles. The number of aromatic nitrogens is 2. The van der Waals surface area contributed by atoms with Gasteiger partial charge in [0.1, 0.15) is 29.9 Å². The molecule has 2 aliphatic heterocycles. The standard InChI is InChI=1S/C34H47N3O6/c1-6-23-28(20-38)37-19-30(23)43-32-26(35-25-16-15-22(41-5)17-27(25)36-32)13-9-7-8-11-21-12-10-14-29(21)42-31(39)18-24(33(37)40)34(2,3)4/h15-17,20-21,23-24,28-30H,6-14,18-19H2,1-5H3/t21-,23+,24-,28-,29-,30+/m1/s1/i9D2,13D2. The maximum atomic E-state index is 14.3. The maximum Gasteiger partial charge on any atom is 0.306 e. The van der Waals surface area contributed by atoms with Crippen molar-refractivity contribution in [3.05, 3.63) is 23.9 Å². The molecule has 0 unspecified atom stereocenters. The van der Waals surface area contributed by atoms with Crippen LogP contribution in [-0.4, -0.2) is 64.9 Å². The van der Waals surface area contributed by atoms with E-state index in [0.717, 1.165) is 19.1 Å². The van der Waals surface area contributed by atoms with E-state index in [1.165, 1.54) is 12.0 Å². The summed E-state index contributed by atoms with van der Waals surface area (Å²) in [5, 5.41) is 0. The zero-order chi connectivity index (χ0) is 34.3. The highest BCUT2D eigenvalue weighted by Gasteiger charge is 2.48. The Hall–Kier alpha value is -3.23. The number of rotatable bonds is 3. The van der Waals surface area contributed by atoms with Crippen LogP contribution in [0.2, 0.25) is 0 Å². The Balaban J connectivity index is 1.63. The van der Waals surface area contributed by atoms with E-state index in [9.17, 15) is 14.4 Å². The fourth-order valence-corrected chi connectivity index (χ4v) is 6.83. The van der Waals surface area contributed by atoms with Crippen molar-refractivity contribution >= 4 is 29.2 Å². The van der Waals surface area contributed by atoms with Gasteiger partial charge in [-0.05, 0) is 68.3 Å². The van der Waals surface area contributed by atoms with E-state index in [1.54, 1.807) is 18.2 Å².